The Kier molecular flexibility index (Phi) is 62.7. The molecule has 0 aliphatic rings. The van der Waals surface area contributed by atoms with Crippen molar-refractivity contribution >= 4 is 17.9 Å². The van der Waals surface area contributed by atoms with E-state index in [1.54, 1.807) is 0 Å². The molecule has 1 unspecified atom stereocenters. The maximum absolute atomic E-state index is 12.9. The van der Waals surface area contributed by atoms with Gasteiger partial charge in [0.1, 0.15) is 13.2 Å². The second-order valence-corrected chi connectivity index (χ2v) is 22.0. The Morgan fingerprint density at radius 3 is 0.808 bits per heavy atom. The van der Waals surface area contributed by atoms with Gasteiger partial charge in [0.2, 0.25) is 0 Å². The molecule has 78 heavy (non-hydrogen) atoms. The number of rotatable bonds is 60. The molecule has 0 bridgehead atoms. The van der Waals surface area contributed by atoms with E-state index in [0.717, 1.165) is 122 Å². The summed E-state index contributed by atoms with van der Waals surface area (Å²) in [7, 11) is 0. The zero-order chi connectivity index (χ0) is 56.4. The van der Waals surface area contributed by atoms with Crippen molar-refractivity contribution in [1.82, 2.24) is 0 Å². The lowest BCUT2D eigenvalue weighted by Crippen LogP contribution is -2.30. The molecule has 0 radical (unpaired) electrons. The third-order valence-corrected chi connectivity index (χ3v) is 14.3. The van der Waals surface area contributed by atoms with E-state index >= 15 is 0 Å². The summed E-state index contributed by atoms with van der Waals surface area (Å²) in [5.41, 5.74) is 0. The van der Waals surface area contributed by atoms with Crippen LogP contribution in [0.3, 0.4) is 0 Å². The monoisotopic (exact) mass is 1080 g/mol. The Hall–Kier alpha value is -3.67. The third kappa shape index (κ3) is 63.2. The molecule has 0 rings (SSSR count). The van der Waals surface area contributed by atoms with Crippen molar-refractivity contribution in [2.45, 2.75) is 329 Å². The number of esters is 3. The fourth-order valence-electron chi connectivity index (χ4n) is 9.36. The highest BCUT2D eigenvalue weighted by atomic mass is 16.6. The number of carbonyl (C=O) groups is 3. The van der Waals surface area contributed by atoms with Gasteiger partial charge >= 0.3 is 17.9 Å². The van der Waals surface area contributed by atoms with E-state index in [1.807, 2.05) is 0 Å². The number of unbranched alkanes of at least 4 members (excludes halogenated alkanes) is 33. The minimum Gasteiger partial charge on any atom is -0.462 e. The summed E-state index contributed by atoms with van der Waals surface area (Å²) in [6.07, 6.45) is 88.5. The smallest absolute Gasteiger partial charge is 0.306 e. The highest BCUT2D eigenvalue weighted by molar-refractivity contribution is 5.71. The summed E-state index contributed by atoms with van der Waals surface area (Å²) < 4.78 is 16.9. The van der Waals surface area contributed by atoms with Gasteiger partial charge in [-0.05, 0) is 103 Å². The minimum atomic E-state index is -0.782. The molecule has 1 atom stereocenters. The van der Waals surface area contributed by atoms with Gasteiger partial charge in [-0.25, -0.2) is 0 Å². The molecule has 0 aromatic carbocycles. The molecular formula is C72H124O6. The van der Waals surface area contributed by atoms with Gasteiger partial charge in [0.15, 0.2) is 6.10 Å². The summed E-state index contributed by atoms with van der Waals surface area (Å²) in [4.78, 5) is 38.3. The maximum Gasteiger partial charge on any atom is 0.306 e. The van der Waals surface area contributed by atoms with Crippen LogP contribution in [0.2, 0.25) is 0 Å². The molecule has 0 amide bonds. The predicted molar refractivity (Wildman–Crippen MR) is 339 cm³/mol. The number of carbonyl (C=O) groups excluding carboxylic acids is 3. The molecule has 0 saturated carbocycles. The summed E-state index contributed by atoms with van der Waals surface area (Å²) in [5.74, 6) is -0.881. The average Bonchev–Trinajstić information content (AvgIpc) is 3.44. The molecular weight excluding hydrogens is 961 g/mol. The van der Waals surface area contributed by atoms with Crippen LogP contribution in [0.5, 0.6) is 0 Å². The second kappa shape index (κ2) is 65.8. The van der Waals surface area contributed by atoms with Crippen LogP contribution in [0.25, 0.3) is 0 Å². The quantitative estimate of drug-likeness (QED) is 0.0261. The molecule has 0 spiro atoms. The molecule has 0 aliphatic carbocycles. The van der Waals surface area contributed by atoms with Crippen LogP contribution in [-0.4, -0.2) is 37.2 Å². The Morgan fingerprint density at radius 2 is 0.500 bits per heavy atom. The molecule has 6 heteroatoms. The largest absolute Gasteiger partial charge is 0.462 e. The van der Waals surface area contributed by atoms with Crippen molar-refractivity contribution in [3.8, 4) is 0 Å². The van der Waals surface area contributed by atoms with E-state index in [-0.39, 0.29) is 31.1 Å². The average molecular weight is 1090 g/mol. The second-order valence-electron chi connectivity index (χ2n) is 22.0. The number of allylic oxidation sites excluding steroid dienone is 16. The maximum atomic E-state index is 12.9. The van der Waals surface area contributed by atoms with Gasteiger partial charge < -0.3 is 14.2 Å². The van der Waals surface area contributed by atoms with E-state index in [1.165, 1.54) is 161 Å². The lowest BCUT2D eigenvalue weighted by molar-refractivity contribution is -0.167. The number of hydrogen-bond acceptors (Lipinski definition) is 6. The topological polar surface area (TPSA) is 78.9 Å². The van der Waals surface area contributed by atoms with Crippen LogP contribution in [0.15, 0.2) is 97.2 Å². The molecule has 0 aliphatic heterocycles. The Labute approximate surface area is 483 Å². The van der Waals surface area contributed by atoms with Gasteiger partial charge in [0, 0.05) is 19.3 Å². The van der Waals surface area contributed by atoms with Crippen molar-refractivity contribution in [2.75, 3.05) is 13.2 Å². The van der Waals surface area contributed by atoms with E-state index in [0.29, 0.717) is 19.3 Å². The molecule has 0 fully saturated rings. The Morgan fingerprint density at radius 1 is 0.269 bits per heavy atom. The fraction of sp³-hybridized carbons (Fsp3) is 0.736. The molecule has 0 aromatic heterocycles. The molecule has 448 valence electrons. The van der Waals surface area contributed by atoms with E-state index in [2.05, 4.69) is 118 Å². The highest BCUT2D eigenvalue weighted by Crippen LogP contribution is 2.17. The first-order chi connectivity index (χ1) is 38.5. The fourth-order valence-corrected chi connectivity index (χ4v) is 9.36. The van der Waals surface area contributed by atoms with Crippen molar-refractivity contribution in [1.29, 1.82) is 0 Å². The van der Waals surface area contributed by atoms with Crippen LogP contribution in [0.4, 0.5) is 0 Å². The first kappa shape index (κ1) is 74.3. The van der Waals surface area contributed by atoms with Crippen LogP contribution in [-0.2, 0) is 28.6 Å². The molecule has 0 aromatic rings. The first-order valence-corrected chi connectivity index (χ1v) is 33.2. The van der Waals surface area contributed by atoms with Gasteiger partial charge in [-0.3, -0.25) is 14.4 Å². The zero-order valence-electron chi connectivity index (χ0n) is 51.4. The van der Waals surface area contributed by atoms with Crippen LogP contribution in [0, 0.1) is 0 Å². The molecule has 0 saturated heterocycles. The standard InChI is InChI=1S/C72H124O6/c1-4-7-10-13-16-19-22-25-27-28-29-30-31-32-33-34-35-36-37-38-39-40-41-42-43-44-46-47-50-53-56-59-62-65-71(74)77-68-69(67-76-70(73)64-61-58-55-52-49-24-21-18-15-12-9-6-3)78-72(75)66-63-60-57-54-51-48-45-26-23-20-17-14-11-8-5-2/h7,10,16-17,19-20,25-27,29-30,32-33,35-36,45,69H,4-6,8-9,11-15,18,21-24,28,31,34,37-44,46-68H2,1-3H3/b10-7-,19-16-,20-17-,27-25-,30-29-,33-32-,36-35-,45-26-. The highest BCUT2D eigenvalue weighted by Gasteiger charge is 2.19. The molecule has 0 heterocycles. The normalized spacial score (nSPS) is 12.7. The first-order valence-electron chi connectivity index (χ1n) is 33.2. The van der Waals surface area contributed by atoms with E-state index < -0.39 is 6.10 Å². The van der Waals surface area contributed by atoms with Crippen LogP contribution in [0.1, 0.15) is 323 Å². The minimum absolute atomic E-state index is 0.0788. The molecule has 0 N–H and O–H groups in total. The lowest BCUT2D eigenvalue weighted by atomic mass is 10.0. The number of hydrogen-bond donors (Lipinski definition) is 0. The van der Waals surface area contributed by atoms with E-state index in [4.69, 9.17) is 14.2 Å². The molecule has 6 nitrogen and oxygen atoms in total. The van der Waals surface area contributed by atoms with Gasteiger partial charge in [-0.15, -0.1) is 0 Å². The van der Waals surface area contributed by atoms with Crippen molar-refractivity contribution < 1.29 is 28.6 Å². The number of ether oxygens (including phenoxy) is 3. The Balaban J connectivity index is 4.17. The van der Waals surface area contributed by atoms with Gasteiger partial charge in [0.05, 0.1) is 0 Å². The summed E-state index contributed by atoms with van der Waals surface area (Å²) in [6.45, 7) is 6.51. The Bertz CT molecular complexity index is 1530. The van der Waals surface area contributed by atoms with Gasteiger partial charge in [-0.2, -0.15) is 0 Å². The van der Waals surface area contributed by atoms with Crippen molar-refractivity contribution in [3.63, 3.8) is 0 Å². The zero-order valence-corrected chi connectivity index (χ0v) is 51.4. The van der Waals surface area contributed by atoms with Gasteiger partial charge in [-0.1, -0.05) is 298 Å². The van der Waals surface area contributed by atoms with E-state index in [9.17, 15) is 14.4 Å². The summed E-state index contributed by atoms with van der Waals surface area (Å²) in [5, 5.41) is 0. The van der Waals surface area contributed by atoms with Crippen LogP contribution >= 0.6 is 0 Å². The SMILES string of the molecule is CC/C=C\C/C=C\C/C=C\C/C=C\C/C=C\C/C=C\CCCCCCCCCCCCCCCCC(=O)OCC(COC(=O)CCCCCCCCCCCCCC)OC(=O)CCCCCCC/C=C\C/C=C\CCCCC. The third-order valence-electron chi connectivity index (χ3n) is 14.3. The van der Waals surface area contributed by atoms with Gasteiger partial charge in [0.25, 0.3) is 0 Å². The summed E-state index contributed by atoms with van der Waals surface area (Å²) >= 11 is 0. The van der Waals surface area contributed by atoms with Crippen molar-refractivity contribution in [2.24, 2.45) is 0 Å². The lowest BCUT2D eigenvalue weighted by Gasteiger charge is -2.18. The van der Waals surface area contributed by atoms with Crippen LogP contribution < -0.4 is 0 Å². The summed E-state index contributed by atoms with van der Waals surface area (Å²) in [6, 6.07) is 0. The van der Waals surface area contributed by atoms with Crippen molar-refractivity contribution in [3.05, 3.63) is 97.2 Å². The predicted octanol–water partition coefficient (Wildman–Crippen LogP) is 22.8.